The standard InChI is InChI=1S/C11H15N3O.CH3Cl/c12-9-5-6-14(7-9)11-3-1-10(2-4-11)13-8-15;1-2/h1-4,8-9H,5-7,12H2,(H,13,15);1H3. The summed E-state index contributed by atoms with van der Waals surface area (Å²) in [6, 6.07) is 8.09. The molecule has 94 valence electrons. The van der Waals surface area contributed by atoms with Crippen LogP contribution in [0.2, 0.25) is 0 Å². The first-order valence-electron chi connectivity index (χ1n) is 5.48. The van der Waals surface area contributed by atoms with E-state index in [0.29, 0.717) is 6.41 Å². The molecule has 5 heteroatoms. The van der Waals surface area contributed by atoms with E-state index in [1.165, 1.54) is 12.1 Å². The number of carbonyl (C=O) groups excluding carboxylic acids is 1. The highest BCUT2D eigenvalue weighted by Gasteiger charge is 2.18. The molecule has 0 aromatic heterocycles. The van der Waals surface area contributed by atoms with Gasteiger partial charge >= 0.3 is 0 Å². The molecule has 1 aliphatic heterocycles. The summed E-state index contributed by atoms with van der Waals surface area (Å²) < 4.78 is 0. The van der Waals surface area contributed by atoms with E-state index in [0.717, 1.165) is 25.2 Å². The summed E-state index contributed by atoms with van der Waals surface area (Å²) in [5.74, 6) is 0. The van der Waals surface area contributed by atoms with Gasteiger partial charge in [-0.3, -0.25) is 4.79 Å². The summed E-state index contributed by atoms with van der Waals surface area (Å²) in [6.07, 6.45) is 3.20. The molecule has 17 heavy (non-hydrogen) atoms. The maximum atomic E-state index is 10.2. The van der Waals surface area contributed by atoms with Crippen LogP contribution in [-0.4, -0.2) is 31.9 Å². The van der Waals surface area contributed by atoms with Crippen molar-refractivity contribution in [2.75, 3.05) is 29.7 Å². The van der Waals surface area contributed by atoms with Crippen LogP contribution >= 0.6 is 11.6 Å². The van der Waals surface area contributed by atoms with Crippen LogP contribution in [0.3, 0.4) is 0 Å². The number of benzene rings is 1. The molecule has 1 amide bonds. The molecular weight excluding hydrogens is 238 g/mol. The lowest BCUT2D eigenvalue weighted by atomic mass is 10.2. The van der Waals surface area contributed by atoms with Gasteiger partial charge in [0.25, 0.3) is 0 Å². The van der Waals surface area contributed by atoms with E-state index < -0.39 is 0 Å². The van der Waals surface area contributed by atoms with Gasteiger partial charge in [0.1, 0.15) is 0 Å². The lowest BCUT2D eigenvalue weighted by molar-refractivity contribution is -0.105. The molecule has 1 aromatic carbocycles. The number of amides is 1. The van der Waals surface area contributed by atoms with Crippen molar-refractivity contribution in [3.63, 3.8) is 0 Å². The Kier molecular flexibility index (Phi) is 5.80. The third-order valence-corrected chi connectivity index (χ3v) is 2.68. The molecule has 0 bridgehead atoms. The highest BCUT2D eigenvalue weighted by atomic mass is 35.5. The highest BCUT2D eigenvalue weighted by molar-refractivity contribution is 6.15. The normalized spacial score (nSPS) is 18.3. The first-order chi connectivity index (χ1) is 8.29. The van der Waals surface area contributed by atoms with Crippen LogP contribution in [-0.2, 0) is 4.79 Å². The minimum atomic E-state index is 0.290. The van der Waals surface area contributed by atoms with E-state index in [-0.39, 0.29) is 6.04 Å². The summed E-state index contributed by atoms with van der Waals surface area (Å²) in [5.41, 5.74) is 7.82. The van der Waals surface area contributed by atoms with E-state index in [1.807, 2.05) is 24.3 Å². The average molecular weight is 256 g/mol. The molecule has 1 atom stereocenters. The fourth-order valence-corrected chi connectivity index (χ4v) is 1.86. The number of anilines is 2. The van der Waals surface area contributed by atoms with E-state index in [4.69, 9.17) is 5.73 Å². The molecule has 1 aliphatic rings. The van der Waals surface area contributed by atoms with Crippen LogP contribution in [0.4, 0.5) is 11.4 Å². The largest absolute Gasteiger partial charge is 0.370 e. The van der Waals surface area contributed by atoms with Crippen molar-refractivity contribution in [1.29, 1.82) is 0 Å². The number of halogens is 1. The van der Waals surface area contributed by atoms with Crippen LogP contribution in [0, 0.1) is 0 Å². The van der Waals surface area contributed by atoms with Crippen molar-refractivity contribution in [2.45, 2.75) is 12.5 Å². The molecule has 1 fully saturated rings. The predicted octanol–water partition coefficient (Wildman–Crippen LogP) is 1.65. The Morgan fingerprint density at radius 1 is 1.41 bits per heavy atom. The number of rotatable bonds is 3. The van der Waals surface area contributed by atoms with Gasteiger partial charge in [0.2, 0.25) is 6.41 Å². The first-order valence-corrected chi connectivity index (χ1v) is 6.24. The van der Waals surface area contributed by atoms with Gasteiger partial charge in [-0.05, 0) is 30.7 Å². The Labute approximate surface area is 107 Å². The Bertz CT molecular complexity index is 342. The van der Waals surface area contributed by atoms with Crippen LogP contribution in [0.1, 0.15) is 6.42 Å². The minimum absolute atomic E-state index is 0.290. The molecular formula is C12H18ClN3O. The third kappa shape index (κ3) is 3.91. The van der Waals surface area contributed by atoms with E-state index in [9.17, 15) is 4.79 Å². The molecule has 0 radical (unpaired) electrons. The second kappa shape index (κ2) is 7.14. The number of carbonyl (C=O) groups is 1. The molecule has 2 rings (SSSR count). The monoisotopic (exact) mass is 255 g/mol. The minimum Gasteiger partial charge on any atom is -0.370 e. The Morgan fingerprint density at radius 2 is 2.06 bits per heavy atom. The lowest BCUT2D eigenvalue weighted by Gasteiger charge is -2.18. The fraction of sp³-hybridized carbons (Fsp3) is 0.417. The summed E-state index contributed by atoms with van der Waals surface area (Å²) in [4.78, 5) is 12.5. The van der Waals surface area contributed by atoms with E-state index in [2.05, 4.69) is 21.8 Å². The van der Waals surface area contributed by atoms with Gasteiger partial charge in [-0.1, -0.05) is 0 Å². The SMILES string of the molecule is CCl.NC1CCN(c2ccc(NC=O)cc2)C1. The van der Waals surface area contributed by atoms with Gasteiger partial charge in [0.15, 0.2) is 0 Å². The van der Waals surface area contributed by atoms with Gasteiger partial charge in [-0.15, -0.1) is 11.6 Å². The van der Waals surface area contributed by atoms with Crippen molar-refractivity contribution >= 4 is 29.4 Å². The third-order valence-electron chi connectivity index (χ3n) is 2.68. The van der Waals surface area contributed by atoms with Crippen LogP contribution < -0.4 is 16.0 Å². The second-order valence-electron chi connectivity index (χ2n) is 3.80. The molecule has 3 N–H and O–H groups in total. The Balaban J connectivity index is 0.000000686. The average Bonchev–Trinajstić information content (AvgIpc) is 2.80. The molecule has 0 saturated carbocycles. The molecule has 0 aliphatic carbocycles. The molecule has 4 nitrogen and oxygen atoms in total. The van der Waals surface area contributed by atoms with Crippen LogP contribution in [0.25, 0.3) is 0 Å². The summed E-state index contributed by atoms with van der Waals surface area (Å²) in [7, 11) is 0. The first kappa shape index (κ1) is 13.8. The maximum absolute atomic E-state index is 10.2. The molecule has 1 aromatic rings. The van der Waals surface area contributed by atoms with Crippen molar-refractivity contribution in [1.82, 2.24) is 0 Å². The zero-order chi connectivity index (χ0) is 12.7. The number of hydrogen-bond acceptors (Lipinski definition) is 3. The van der Waals surface area contributed by atoms with E-state index in [1.54, 1.807) is 0 Å². The maximum Gasteiger partial charge on any atom is 0.211 e. The summed E-state index contributed by atoms with van der Waals surface area (Å²) in [5, 5.41) is 2.61. The summed E-state index contributed by atoms with van der Waals surface area (Å²) >= 11 is 4.64. The van der Waals surface area contributed by atoms with Gasteiger partial charge in [-0.25, -0.2) is 0 Å². The number of nitrogens with two attached hydrogens (primary N) is 1. The van der Waals surface area contributed by atoms with Crippen LogP contribution in [0.15, 0.2) is 24.3 Å². The smallest absolute Gasteiger partial charge is 0.211 e. The zero-order valence-electron chi connectivity index (χ0n) is 9.90. The van der Waals surface area contributed by atoms with Crippen molar-refractivity contribution in [2.24, 2.45) is 5.73 Å². The molecule has 1 saturated heterocycles. The zero-order valence-corrected chi connectivity index (χ0v) is 10.7. The van der Waals surface area contributed by atoms with Gasteiger partial charge < -0.3 is 16.0 Å². The molecule has 1 heterocycles. The van der Waals surface area contributed by atoms with Crippen molar-refractivity contribution in [3.8, 4) is 0 Å². The Hall–Kier alpha value is -1.26. The predicted molar refractivity (Wildman–Crippen MR) is 72.7 cm³/mol. The molecule has 0 spiro atoms. The highest BCUT2D eigenvalue weighted by Crippen LogP contribution is 2.21. The fourth-order valence-electron chi connectivity index (χ4n) is 1.86. The number of alkyl halides is 1. The lowest BCUT2D eigenvalue weighted by Crippen LogP contribution is -2.26. The van der Waals surface area contributed by atoms with Gasteiger partial charge in [0.05, 0.1) is 0 Å². The number of nitrogens with one attached hydrogen (secondary N) is 1. The second-order valence-corrected chi connectivity index (χ2v) is 3.80. The van der Waals surface area contributed by atoms with Crippen molar-refractivity contribution < 1.29 is 4.79 Å². The van der Waals surface area contributed by atoms with Crippen molar-refractivity contribution in [3.05, 3.63) is 24.3 Å². The topological polar surface area (TPSA) is 58.4 Å². The number of nitrogens with zero attached hydrogens (tertiary/aromatic N) is 1. The molecule has 1 unspecified atom stereocenters. The number of hydrogen-bond donors (Lipinski definition) is 2. The van der Waals surface area contributed by atoms with Crippen LogP contribution in [0.5, 0.6) is 0 Å². The summed E-state index contributed by atoms with van der Waals surface area (Å²) in [6.45, 7) is 1.93. The van der Waals surface area contributed by atoms with Gasteiger partial charge in [0, 0.05) is 36.9 Å². The Morgan fingerprint density at radius 3 is 2.53 bits per heavy atom. The van der Waals surface area contributed by atoms with E-state index >= 15 is 0 Å². The van der Waals surface area contributed by atoms with Gasteiger partial charge in [-0.2, -0.15) is 0 Å². The quantitative estimate of drug-likeness (QED) is 0.638.